The van der Waals surface area contributed by atoms with E-state index >= 15 is 0 Å². The lowest BCUT2D eigenvalue weighted by atomic mass is 10.3. The molecule has 0 aliphatic rings. The minimum Gasteiger partial charge on any atom is -0.508 e. The summed E-state index contributed by atoms with van der Waals surface area (Å²) in [6.45, 7) is 4.26. The van der Waals surface area contributed by atoms with E-state index in [4.69, 9.17) is 11.6 Å². The van der Waals surface area contributed by atoms with Gasteiger partial charge in [-0.05, 0) is 26.0 Å². The van der Waals surface area contributed by atoms with E-state index < -0.39 is 10.0 Å². The number of imidazole rings is 1. The number of nitrogens with zero attached hydrogens (tertiary/aromatic N) is 2. The quantitative estimate of drug-likeness (QED) is 0.848. The van der Waals surface area contributed by atoms with Crippen LogP contribution in [0.15, 0.2) is 29.4 Å². The molecular weight excluding hydrogens is 302 g/mol. The second kappa shape index (κ2) is 5.34. The van der Waals surface area contributed by atoms with Crippen LogP contribution >= 0.6 is 11.6 Å². The van der Waals surface area contributed by atoms with Gasteiger partial charge in [-0.1, -0.05) is 11.6 Å². The highest BCUT2D eigenvalue weighted by molar-refractivity contribution is 7.92. The molecule has 0 saturated carbocycles. The molecule has 0 fully saturated rings. The van der Waals surface area contributed by atoms with Crippen LogP contribution in [0.2, 0.25) is 5.02 Å². The van der Waals surface area contributed by atoms with E-state index in [-0.39, 0.29) is 21.5 Å². The van der Waals surface area contributed by atoms with E-state index in [1.807, 2.05) is 6.92 Å². The average Bonchev–Trinajstić information content (AvgIpc) is 2.75. The van der Waals surface area contributed by atoms with Crippen molar-refractivity contribution in [1.29, 1.82) is 0 Å². The normalized spacial score (nSPS) is 11.6. The highest BCUT2D eigenvalue weighted by Crippen LogP contribution is 2.27. The Labute approximate surface area is 122 Å². The number of aromatic nitrogens is 2. The molecule has 2 N–H and O–H groups in total. The fourth-order valence-corrected chi connectivity index (χ4v) is 3.08. The Bertz CT molecular complexity index is 740. The van der Waals surface area contributed by atoms with Gasteiger partial charge < -0.3 is 9.67 Å². The zero-order valence-electron chi connectivity index (χ0n) is 11.0. The van der Waals surface area contributed by atoms with E-state index in [2.05, 4.69) is 9.71 Å². The Kier molecular flexibility index (Phi) is 3.92. The summed E-state index contributed by atoms with van der Waals surface area (Å²) >= 11 is 5.87. The second-order valence-corrected chi connectivity index (χ2v) is 6.22. The lowest BCUT2D eigenvalue weighted by Gasteiger charge is -2.07. The summed E-state index contributed by atoms with van der Waals surface area (Å²) in [4.78, 5) is 4.02. The molecular formula is C12H14ClN3O3S. The molecule has 2 rings (SSSR count). The minimum atomic E-state index is -3.81. The molecule has 0 unspecified atom stereocenters. The molecule has 20 heavy (non-hydrogen) atoms. The molecule has 0 bridgehead atoms. The van der Waals surface area contributed by atoms with E-state index in [1.54, 1.807) is 11.5 Å². The number of phenols is 1. The third-order valence-electron chi connectivity index (χ3n) is 2.77. The first kappa shape index (κ1) is 14.7. The molecule has 0 atom stereocenters. The van der Waals surface area contributed by atoms with Crippen LogP contribution < -0.4 is 4.72 Å². The van der Waals surface area contributed by atoms with Crippen LogP contribution in [0.1, 0.15) is 12.7 Å². The molecule has 1 heterocycles. The first-order chi connectivity index (χ1) is 9.33. The van der Waals surface area contributed by atoms with Gasteiger partial charge in [0, 0.05) is 18.8 Å². The predicted octanol–water partition coefficient (Wildman–Crippen LogP) is 2.37. The van der Waals surface area contributed by atoms with Gasteiger partial charge in [0.05, 0.1) is 10.7 Å². The molecule has 0 aliphatic carbocycles. The van der Waals surface area contributed by atoms with Gasteiger partial charge in [0.2, 0.25) is 0 Å². The molecule has 8 heteroatoms. The van der Waals surface area contributed by atoms with Gasteiger partial charge in [0.15, 0.2) is 5.03 Å². The van der Waals surface area contributed by atoms with Crippen LogP contribution in [0, 0.1) is 6.92 Å². The number of halogens is 1. The summed E-state index contributed by atoms with van der Waals surface area (Å²) in [7, 11) is -3.81. The van der Waals surface area contributed by atoms with Crippen molar-refractivity contribution < 1.29 is 13.5 Å². The second-order valence-electron chi connectivity index (χ2n) is 4.18. The van der Waals surface area contributed by atoms with Crippen LogP contribution in [-0.4, -0.2) is 23.1 Å². The monoisotopic (exact) mass is 315 g/mol. The van der Waals surface area contributed by atoms with Crippen LogP contribution in [0.3, 0.4) is 0 Å². The van der Waals surface area contributed by atoms with E-state index in [0.717, 1.165) is 0 Å². The lowest BCUT2D eigenvalue weighted by Crippen LogP contribution is -2.13. The maximum absolute atomic E-state index is 12.2. The smallest absolute Gasteiger partial charge is 0.281 e. The average molecular weight is 316 g/mol. The van der Waals surface area contributed by atoms with Crippen molar-refractivity contribution in [2.75, 3.05) is 4.72 Å². The van der Waals surface area contributed by atoms with Crippen molar-refractivity contribution in [3.63, 3.8) is 0 Å². The lowest BCUT2D eigenvalue weighted by molar-refractivity contribution is 0.475. The van der Waals surface area contributed by atoms with E-state index in [0.29, 0.717) is 12.4 Å². The molecule has 0 saturated heterocycles. The fourth-order valence-electron chi connectivity index (χ4n) is 1.71. The highest BCUT2D eigenvalue weighted by Gasteiger charge is 2.20. The first-order valence-electron chi connectivity index (χ1n) is 5.88. The van der Waals surface area contributed by atoms with Crippen LogP contribution in [-0.2, 0) is 16.6 Å². The summed E-state index contributed by atoms with van der Waals surface area (Å²) in [6, 6.07) is 3.99. The molecule has 2 aromatic rings. The fraction of sp³-hybridized carbons (Fsp3) is 0.250. The number of benzene rings is 1. The van der Waals surface area contributed by atoms with Crippen molar-refractivity contribution in [2.45, 2.75) is 25.4 Å². The summed E-state index contributed by atoms with van der Waals surface area (Å²) in [6.07, 6.45) is 1.46. The summed E-state index contributed by atoms with van der Waals surface area (Å²) in [5.74, 6) is 0.578. The van der Waals surface area contributed by atoms with Crippen LogP contribution in [0.4, 0.5) is 5.69 Å². The van der Waals surface area contributed by atoms with Gasteiger partial charge in [-0.3, -0.25) is 4.72 Å². The van der Waals surface area contributed by atoms with Gasteiger partial charge >= 0.3 is 0 Å². The molecule has 0 spiro atoms. The Morgan fingerprint density at radius 2 is 2.15 bits per heavy atom. The number of hydrogen-bond donors (Lipinski definition) is 2. The zero-order valence-corrected chi connectivity index (χ0v) is 12.5. The van der Waals surface area contributed by atoms with E-state index in [1.165, 1.54) is 24.4 Å². The maximum atomic E-state index is 12.2. The third-order valence-corrected chi connectivity index (χ3v) is 4.32. The van der Waals surface area contributed by atoms with Crippen molar-refractivity contribution in [3.05, 3.63) is 35.2 Å². The van der Waals surface area contributed by atoms with Crippen molar-refractivity contribution >= 4 is 27.3 Å². The van der Waals surface area contributed by atoms with Crippen molar-refractivity contribution in [2.24, 2.45) is 0 Å². The number of anilines is 1. The molecule has 0 amide bonds. The Balaban J connectivity index is 2.35. The number of nitrogens with one attached hydrogen (secondary N) is 1. The van der Waals surface area contributed by atoms with Gasteiger partial charge in [-0.15, -0.1) is 0 Å². The molecule has 0 aliphatic heterocycles. The largest absolute Gasteiger partial charge is 0.508 e. The highest BCUT2D eigenvalue weighted by atomic mass is 35.5. The molecule has 6 nitrogen and oxygen atoms in total. The molecule has 1 aromatic heterocycles. The zero-order chi connectivity index (χ0) is 14.9. The van der Waals surface area contributed by atoms with Gasteiger partial charge in [0.1, 0.15) is 11.6 Å². The Morgan fingerprint density at radius 3 is 2.70 bits per heavy atom. The molecule has 1 aromatic carbocycles. The summed E-state index contributed by atoms with van der Waals surface area (Å²) < 4.78 is 28.5. The molecule has 0 radical (unpaired) electrons. The minimum absolute atomic E-state index is 0.0379. The van der Waals surface area contributed by atoms with Crippen molar-refractivity contribution in [1.82, 2.24) is 9.55 Å². The predicted molar refractivity (Wildman–Crippen MR) is 76.6 cm³/mol. The number of aromatic hydroxyl groups is 1. The Hall–Kier alpha value is -1.73. The first-order valence-corrected chi connectivity index (χ1v) is 7.74. The standard InChI is InChI=1S/C12H14ClN3O3S/c1-3-16-7-12(14-8(16)2)20(18,19)15-11-5-4-9(17)6-10(11)13/h4-7,15,17H,3H2,1-2H3. The Morgan fingerprint density at radius 1 is 1.45 bits per heavy atom. The number of rotatable bonds is 4. The third kappa shape index (κ3) is 2.88. The SMILES string of the molecule is CCn1cc(S(=O)(=O)Nc2ccc(O)cc2Cl)nc1C. The van der Waals surface area contributed by atoms with Crippen molar-refractivity contribution in [3.8, 4) is 5.75 Å². The number of hydrogen-bond acceptors (Lipinski definition) is 4. The van der Waals surface area contributed by atoms with Gasteiger partial charge in [0.25, 0.3) is 10.0 Å². The van der Waals surface area contributed by atoms with Crippen LogP contribution in [0.5, 0.6) is 5.75 Å². The number of phenolic OH excluding ortho intramolecular Hbond substituents is 1. The van der Waals surface area contributed by atoms with Gasteiger partial charge in [-0.25, -0.2) is 4.98 Å². The van der Waals surface area contributed by atoms with E-state index in [9.17, 15) is 13.5 Å². The maximum Gasteiger partial charge on any atom is 0.281 e. The van der Waals surface area contributed by atoms with Crippen LogP contribution in [0.25, 0.3) is 0 Å². The van der Waals surface area contributed by atoms with Gasteiger partial charge in [-0.2, -0.15) is 8.42 Å². The summed E-state index contributed by atoms with van der Waals surface area (Å²) in [5, 5.41) is 9.29. The topological polar surface area (TPSA) is 84.2 Å². The summed E-state index contributed by atoms with van der Waals surface area (Å²) in [5.41, 5.74) is 0.188. The number of aryl methyl sites for hydroxylation is 2. The molecule has 108 valence electrons. The number of sulfonamides is 1.